The van der Waals surface area contributed by atoms with Crippen molar-refractivity contribution in [3.05, 3.63) is 24.5 Å². The second-order valence-electron chi connectivity index (χ2n) is 5.22. The lowest BCUT2D eigenvalue weighted by Gasteiger charge is -2.15. The second kappa shape index (κ2) is 4.78. The van der Waals surface area contributed by atoms with Gasteiger partial charge in [0, 0.05) is 11.7 Å². The lowest BCUT2D eigenvalue weighted by Crippen LogP contribution is -2.05. The second-order valence-corrected chi connectivity index (χ2v) is 5.22. The molecule has 1 unspecified atom stereocenters. The highest BCUT2D eigenvalue weighted by atomic mass is 15.1. The quantitative estimate of drug-likeness (QED) is 0.817. The summed E-state index contributed by atoms with van der Waals surface area (Å²) in [6.45, 7) is 6.78. The molecule has 0 aliphatic heterocycles. The number of benzene rings is 1. The van der Waals surface area contributed by atoms with Gasteiger partial charge in [-0.1, -0.05) is 13.8 Å². The van der Waals surface area contributed by atoms with E-state index in [1.54, 1.807) is 0 Å². The van der Waals surface area contributed by atoms with Gasteiger partial charge in [0.1, 0.15) is 0 Å². The first-order valence-corrected chi connectivity index (χ1v) is 6.30. The Balaban J connectivity index is 2.23. The first kappa shape index (κ1) is 12.0. The van der Waals surface area contributed by atoms with Gasteiger partial charge in [-0.05, 0) is 43.9 Å². The molecule has 1 aromatic heterocycles. The highest BCUT2D eigenvalue weighted by Crippen LogP contribution is 2.23. The van der Waals surface area contributed by atoms with E-state index < -0.39 is 0 Å². The Bertz CT molecular complexity index is 499. The van der Waals surface area contributed by atoms with Gasteiger partial charge in [-0.25, -0.2) is 4.98 Å². The molecule has 1 aromatic carbocycles. The van der Waals surface area contributed by atoms with E-state index in [1.165, 1.54) is 18.4 Å². The molecular weight excluding hydrogens is 210 g/mol. The number of hydrogen-bond acceptors (Lipinski definition) is 2. The number of nitrogen functional groups attached to an aromatic ring is 1. The molecule has 92 valence electrons. The van der Waals surface area contributed by atoms with Crippen LogP contribution in [0.1, 0.15) is 39.7 Å². The molecule has 0 spiro atoms. The lowest BCUT2D eigenvalue weighted by molar-refractivity contribution is 0.446. The molecule has 2 rings (SSSR count). The zero-order valence-electron chi connectivity index (χ0n) is 10.9. The summed E-state index contributed by atoms with van der Waals surface area (Å²) < 4.78 is 2.25. The number of nitrogens with zero attached hydrogens (tertiary/aromatic N) is 2. The van der Waals surface area contributed by atoms with Crippen LogP contribution in [0.2, 0.25) is 0 Å². The Labute approximate surface area is 103 Å². The van der Waals surface area contributed by atoms with E-state index in [0.29, 0.717) is 6.04 Å². The minimum Gasteiger partial charge on any atom is -0.399 e. The molecule has 17 heavy (non-hydrogen) atoms. The van der Waals surface area contributed by atoms with Crippen molar-refractivity contribution in [3.63, 3.8) is 0 Å². The first-order valence-electron chi connectivity index (χ1n) is 6.30. The molecule has 2 N–H and O–H groups in total. The molecule has 0 fully saturated rings. The molecule has 0 amide bonds. The van der Waals surface area contributed by atoms with Crippen LogP contribution in [0.15, 0.2) is 24.5 Å². The van der Waals surface area contributed by atoms with Crippen molar-refractivity contribution in [2.75, 3.05) is 5.73 Å². The highest BCUT2D eigenvalue weighted by molar-refractivity contribution is 5.79. The molecule has 0 saturated heterocycles. The molecule has 0 radical (unpaired) electrons. The van der Waals surface area contributed by atoms with Gasteiger partial charge < -0.3 is 10.3 Å². The largest absolute Gasteiger partial charge is 0.399 e. The fourth-order valence-electron chi connectivity index (χ4n) is 2.11. The van der Waals surface area contributed by atoms with Crippen molar-refractivity contribution < 1.29 is 0 Å². The molecule has 0 aliphatic rings. The van der Waals surface area contributed by atoms with Gasteiger partial charge in [-0.15, -0.1) is 0 Å². The Hall–Kier alpha value is -1.51. The van der Waals surface area contributed by atoms with Crippen LogP contribution in [-0.2, 0) is 0 Å². The zero-order chi connectivity index (χ0) is 12.4. The number of nitrogens with two attached hydrogens (primary N) is 1. The van der Waals surface area contributed by atoms with Gasteiger partial charge in [0.15, 0.2) is 0 Å². The topological polar surface area (TPSA) is 43.8 Å². The van der Waals surface area contributed by atoms with Crippen molar-refractivity contribution in [1.29, 1.82) is 0 Å². The van der Waals surface area contributed by atoms with Crippen molar-refractivity contribution in [3.8, 4) is 0 Å². The predicted molar refractivity (Wildman–Crippen MR) is 72.9 cm³/mol. The summed E-state index contributed by atoms with van der Waals surface area (Å²) in [4.78, 5) is 4.41. The average Bonchev–Trinajstić information content (AvgIpc) is 2.68. The third-order valence-electron chi connectivity index (χ3n) is 3.24. The fraction of sp³-hybridized carbons (Fsp3) is 0.500. The summed E-state index contributed by atoms with van der Waals surface area (Å²) in [7, 11) is 0. The number of imidazole rings is 1. The predicted octanol–water partition coefficient (Wildman–Crippen LogP) is 3.62. The summed E-state index contributed by atoms with van der Waals surface area (Å²) in [5.41, 5.74) is 8.70. The van der Waals surface area contributed by atoms with Crippen LogP contribution in [0.25, 0.3) is 11.0 Å². The zero-order valence-corrected chi connectivity index (χ0v) is 10.9. The SMILES string of the molecule is CC(C)CCC(C)n1cnc2cc(N)ccc21. The summed E-state index contributed by atoms with van der Waals surface area (Å²) in [6.07, 6.45) is 4.36. The molecule has 0 saturated carbocycles. The van der Waals surface area contributed by atoms with E-state index >= 15 is 0 Å². The van der Waals surface area contributed by atoms with Gasteiger partial charge in [0.25, 0.3) is 0 Å². The summed E-state index contributed by atoms with van der Waals surface area (Å²) in [5, 5.41) is 0. The van der Waals surface area contributed by atoms with Crippen LogP contribution >= 0.6 is 0 Å². The van der Waals surface area contributed by atoms with Gasteiger partial charge >= 0.3 is 0 Å². The van der Waals surface area contributed by atoms with E-state index in [-0.39, 0.29) is 0 Å². The van der Waals surface area contributed by atoms with E-state index in [0.717, 1.165) is 17.1 Å². The number of fused-ring (bicyclic) bond motifs is 1. The van der Waals surface area contributed by atoms with Gasteiger partial charge in [-0.3, -0.25) is 0 Å². The maximum atomic E-state index is 5.76. The van der Waals surface area contributed by atoms with Crippen LogP contribution in [0.3, 0.4) is 0 Å². The van der Waals surface area contributed by atoms with E-state index in [4.69, 9.17) is 5.73 Å². The summed E-state index contributed by atoms with van der Waals surface area (Å²) in [5.74, 6) is 0.753. The van der Waals surface area contributed by atoms with Crippen LogP contribution in [0.5, 0.6) is 0 Å². The number of aromatic nitrogens is 2. The van der Waals surface area contributed by atoms with E-state index in [9.17, 15) is 0 Å². The molecule has 1 heterocycles. The highest BCUT2D eigenvalue weighted by Gasteiger charge is 2.10. The van der Waals surface area contributed by atoms with Crippen LogP contribution < -0.4 is 5.73 Å². The minimum atomic E-state index is 0.492. The molecular formula is C14H21N3. The maximum absolute atomic E-state index is 5.76. The van der Waals surface area contributed by atoms with Gasteiger partial charge in [-0.2, -0.15) is 0 Å². The first-order chi connectivity index (χ1) is 8.08. The van der Waals surface area contributed by atoms with Gasteiger partial charge in [0.2, 0.25) is 0 Å². The van der Waals surface area contributed by atoms with Crippen molar-refractivity contribution in [1.82, 2.24) is 9.55 Å². The third-order valence-corrected chi connectivity index (χ3v) is 3.24. The molecule has 2 aromatic rings. The molecule has 1 atom stereocenters. The van der Waals surface area contributed by atoms with Crippen molar-refractivity contribution in [2.45, 2.75) is 39.7 Å². The van der Waals surface area contributed by atoms with Crippen molar-refractivity contribution >= 4 is 16.7 Å². The smallest absolute Gasteiger partial charge is 0.0960 e. The molecule has 3 heteroatoms. The summed E-state index contributed by atoms with van der Waals surface area (Å²) in [6, 6.07) is 6.42. The van der Waals surface area contributed by atoms with E-state index in [1.807, 2.05) is 18.5 Å². The maximum Gasteiger partial charge on any atom is 0.0960 e. The molecule has 3 nitrogen and oxygen atoms in total. The Morgan fingerprint density at radius 3 is 2.71 bits per heavy atom. The monoisotopic (exact) mass is 231 g/mol. The standard InChI is InChI=1S/C14H21N3/c1-10(2)4-5-11(3)17-9-16-13-8-12(15)6-7-14(13)17/h6-11H,4-5,15H2,1-3H3. The molecule has 0 aliphatic carbocycles. The van der Waals surface area contributed by atoms with E-state index in [2.05, 4.69) is 36.4 Å². The third kappa shape index (κ3) is 2.60. The Morgan fingerprint density at radius 1 is 1.24 bits per heavy atom. The molecule has 0 bridgehead atoms. The number of anilines is 1. The van der Waals surface area contributed by atoms with Crippen LogP contribution in [0, 0.1) is 5.92 Å². The van der Waals surface area contributed by atoms with Crippen molar-refractivity contribution in [2.24, 2.45) is 5.92 Å². The van der Waals surface area contributed by atoms with Crippen LogP contribution in [-0.4, -0.2) is 9.55 Å². The normalized spacial score (nSPS) is 13.4. The lowest BCUT2D eigenvalue weighted by atomic mass is 10.0. The minimum absolute atomic E-state index is 0.492. The fourth-order valence-corrected chi connectivity index (χ4v) is 2.11. The van der Waals surface area contributed by atoms with Gasteiger partial charge in [0.05, 0.1) is 17.4 Å². The average molecular weight is 231 g/mol. The Morgan fingerprint density at radius 2 is 2.00 bits per heavy atom. The summed E-state index contributed by atoms with van der Waals surface area (Å²) >= 11 is 0. The number of hydrogen-bond donors (Lipinski definition) is 1. The Kier molecular flexibility index (Phi) is 3.36. The number of rotatable bonds is 4. The van der Waals surface area contributed by atoms with Crippen LogP contribution in [0.4, 0.5) is 5.69 Å².